The third-order valence-corrected chi connectivity index (χ3v) is 10.1. The van der Waals surface area contributed by atoms with Crippen molar-refractivity contribution >= 4 is 11.8 Å². The molecule has 4 saturated carbocycles. The highest BCUT2D eigenvalue weighted by Gasteiger charge is 2.62. The number of carbonyl (C=O) groups excluding carboxylic acids is 1. The number of aliphatic hydroxyl groups excluding tert-OH is 1. The highest BCUT2D eigenvalue weighted by Crippen LogP contribution is 2.68. The average molecular weight is 391 g/mol. The Morgan fingerprint density at radius 3 is 2.57 bits per heavy atom. The van der Waals surface area contributed by atoms with Crippen LogP contribution in [0.1, 0.15) is 85.0 Å². The lowest BCUT2D eigenvalue weighted by Gasteiger charge is -2.62. The summed E-state index contributed by atoms with van der Waals surface area (Å²) in [7, 11) is 0. The van der Waals surface area contributed by atoms with Crippen molar-refractivity contribution in [2.75, 3.05) is 0 Å². The Kier molecular flexibility index (Phi) is 5.17. The molecule has 0 bridgehead atoms. The van der Waals surface area contributed by atoms with E-state index in [0.29, 0.717) is 47.7 Å². The van der Waals surface area contributed by atoms with E-state index in [0.717, 1.165) is 32.1 Å². The van der Waals surface area contributed by atoms with E-state index in [1.165, 1.54) is 19.3 Å². The fourth-order valence-corrected chi connectivity index (χ4v) is 8.54. The van der Waals surface area contributed by atoms with Crippen LogP contribution in [-0.2, 0) is 9.59 Å². The van der Waals surface area contributed by atoms with E-state index in [1.54, 1.807) is 0 Å². The molecule has 4 aliphatic rings. The normalized spacial score (nSPS) is 49.1. The molecule has 0 heterocycles. The van der Waals surface area contributed by atoms with Gasteiger partial charge in [-0.2, -0.15) is 0 Å². The summed E-state index contributed by atoms with van der Waals surface area (Å²) in [6, 6.07) is 0. The highest BCUT2D eigenvalue weighted by atomic mass is 16.4. The van der Waals surface area contributed by atoms with Crippen LogP contribution in [0.5, 0.6) is 0 Å². The van der Waals surface area contributed by atoms with Crippen LogP contribution in [-0.4, -0.2) is 28.1 Å². The molecular weight excluding hydrogens is 352 g/mol. The van der Waals surface area contributed by atoms with E-state index >= 15 is 0 Å². The molecule has 0 aliphatic heterocycles. The zero-order valence-electron chi connectivity index (χ0n) is 17.8. The van der Waals surface area contributed by atoms with Crippen LogP contribution in [0.4, 0.5) is 0 Å². The number of rotatable bonds is 4. The van der Waals surface area contributed by atoms with Crippen LogP contribution in [0.3, 0.4) is 0 Å². The molecule has 0 aromatic rings. The number of aliphatic carboxylic acids is 1. The quantitative estimate of drug-likeness (QED) is 0.730. The van der Waals surface area contributed by atoms with Crippen LogP contribution < -0.4 is 0 Å². The summed E-state index contributed by atoms with van der Waals surface area (Å²) in [5, 5.41) is 20.3. The molecule has 9 atom stereocenters. The molecule has 0 spiro atoms. The van der Waals surface area contributed by atoms with Gasteiger partial charge in [0, 0.05) is 19.3 Å². The molecule has 158 valence electrons. The maximum Gasteiger partial charge on any atom is 0.303 e. The van der Waals surface area contributed by atoms with E-state index in [9.17, 15) is 14.7 Å². The van der Waals surface area contributed by atoms with E-state index < -0.39 is 5.97 Å². The number of hydrogen-bond donors (Lipinski definition) is 2. The minimum atomic E-state index is -0.691. The van der Waals surface area contributed by atoms with Crippen molar-refractivity contribution < 1.29 is 19.8 Å². The first-order valence-electron chi connectivity index (χ1n) is 11.6. The summed E-state index contributed by atoms with van der Waals surface area (Å²) in [5.74, 6) is 2.52. The summed E-state index contributed by atoms with van der Waals surface area (Å²) in [6.07, 6.45) is 8.68. The van der Waals surface area contributed by atoms with E-state index in [1.807, 2.05) is 0 Å². The first-order valence-corrected chi connectivity index (χ1v) is 11.6. The predicted octanol–water partition coefficient (Wildman–Crippen LogP) is 4.69. The lowest BCUT2D eigenvalue weighted by molar-refractivity contribution is -0.169. The number of fused-ring (bicyclic) bond motifs is 5. The molecule has 4 fully saturated rings. The molecule has 0 aromatic carbocycles. The second-order valence-electron chi connectivity index (χ2n) is 11.2. The number of Topliss-reactive ketones (excluding diaryl/α,β-unsaturated/α-hetero) is 1. The van der Waals surface area contributed by atoms with E-state index in [-0.39, 0.29) is 23.4 Å². The number of carboxylic acids is 1. The Labute approximate surface area is 169 Å². The fraction of sp³-hybridized carbons (Fsp3) is 0.917. The fourth-order valence-electron chi connectivity index (χ4n) is 8.54. The number of ketones is 1. The molecule has 0 aromatic heterocycles. The molecule has 2 N–H and O–H groups in total. The Bertz CT molecular complexity index is 645. The van der Waals surface area contributed by atoms with Gasteiger partial charge in [-0.1, -0.05) is 20.8 Å². The van der Waals surface area contributed by atoms with Gasteiger partial charge in [-0.05, 0) is 91.3 Å². The van der Waals surface area contributed by atoms with Crippen LogP contribution in [0.15, 0.2) is 0 Å². The first-order chi connectivity index (χ1) is 13.2. The van der Waals surface area contributed by atoms with Gasteiger partial charge in [0.05, 0.1) is 6.10 Å². The van der Waals surface area contributed by atoms with Gasteiger partial charge in [-0.25, -0.2) is 0 Å². The standard InChI is InChI=1S/C24H38O4/c1-14(4-7-21(27)28)17-5-6-18-22-19(9-11-24(17,18)3)23(2)10-8-16(25)12-15(23)13-20(22)26/h14-15,17-20,22,26H,4-13H2,1-3H3,(H,27,28)/t14-,15+,17-,18?,19?,20+,22?,23+,24-/m1/s1. The maximum atomic E-state index is 12.1. The number of carbonyl (C=O) groups is 2. The highest BCUT2D eigenvalue weighted by molar-refractivity contribution is 5.79. The zero-order chi connectivity index (χ0) is 20.3. The maximum absolute atomic E-state index is 12.1. The topological polar surface area (TPSA) is 74.6 Å². The van der Waals surface area contributed by atoms with Gasteiger partial charge in [0.25, 0.3) is 0 Å². The Hall–Kier alpha value is -0.900. The molecule has 4 heteroatoms. The van der Waals surface area contributed by atoms with Crippen LogP contribution >= 0.6 is 0 Å². The summed E-state index contributed by atoms with van der Waals surface area (Å²) >= 11 is 0. The molecule has 4 nitrogen and oxygen atoms in total. The smallest absolute Gasteiger partial charge is 0.303 e. The van der Waals surface area contributed by atoms with Gasteiger partial charge in [0.1, 0.15) is 5.78 Å². The molecule has 0 saturated heterocycles. The molecule has 3 unspecified atom stereocenters. The van der Waals surface area contributed by atoms with Crippen LogP contribution in [0.25, 0.3) is 0 Å². The summed E-state index contributed by atoms with van der Waals surface area (Å²) < 4.78 is 0. The zero-order valence-corrected chi connectivity index (χ0v) is 17.8. The summed E-state index contributed by atoms with van der Waals surface area (Å²) in [6.45, 7) is 7.10. The van der Waals surface area contributed by atoms with E-state index in [2.05, 4.69) is 20.8 Å². The molecule has 0 radical (unpaired) electrons. The molecule has 0 amide bonds. The lowest BCUT2D eigenvalue weighted by atomic mass is 9.44. The van der Waals surface area contributed by atoms with Crippen molar-refractivity contribution in [1.82, 2.24) is 0 Å². The minimum absolute atomic E-state index is 0.214. The Balaban J connectivity index is 1.56. The predicted molar refractivity (Wildman–Crippen MR) is 108 cm³/mol. The third kappa shape index (κ3) is 3.05. The Morgan fingerprint density at radius 1 is 1.14 bits per heavy atom. The van der Waals surface area contributed by atoms with Crippen LogP contribution in [0.2, 0.25) is 0 Å². The van der Waals surface area contributed by atoms with E-state index in [4.69, 9.17) is 5.11 Å². The molecule has 4 rings (SSSR count). The summed E-state index contributed by atoms with van der Waals surface area (Å²) in [4.78, 5) is 23.1. The van der Waals surface area contributed by atoms with Gasteiger partial charge in [-0.3, -0.25) is 9.59 Å². The molecule has 4 aliphatic carbocycles. The Morgan fingerprint density at radius 2 is 1.86 bits per heavy atom. The summed E-state index contributed by atoms with van der Waals surface area (Å²) in [5.41, 5.74) is 0.444. The number of hydrogen-bond acceptors (Lipinski definition) is 3. The van der Waals surface area contributed by atoms with Crippen molar-refractivity contribution in [2.45, 2.75) is 91.1 Å². The average Bonchev–Trinajstić information content (AvgIpc) is 2.98. The van der Waals surface area contributed by atoms with Gasteiger partial charge >= 0.3 is 5.97 Å². The molecule has 28 heavy (non-hydrogen) atoms. The van der Waals surface area contributed by atoms with Gasteiger partial charge in [0.15, 0.2) is 0 Å². The molecular formula is C24H38O4. The van der Waals surface area contributed by atoms with Crippen molar-refractivity contribution in [3.63, 3.8) is 0 Å². The van der Waals surface area contributed by atoms with Gasteiger partial charge in [-0.15, -0.1) is 0 Å². The van der Waals surface area contributed by atoms with Crippen molar-refractivity contribution in [3.8, 4) is 0 Å². The van der Waals surface area contributed by atoms with Gasteiger partial charge in [0.2, 0.25) is 0 Å². The number of carboxylic acid groups (broad SMARTS) is 1. The SMILES string of the molecule is C[C@H](CCC(=O)O)[C@H]1CCC2C3C(CC[C@@]21C)[C@@]1(C)CCC(=O)C[C@H]1C[C@@H]3O. The first kappa shape index (κ1) is 20.4. The largest absolute Gasteiger partial charge is 0.481 e. The van der Waals surface area contributed by atoms with Crippen LogP contribution in [0, 0.1) is 46.3 Å². The second-order valence-corrected chi connectivity index (χ2v) is 11.2. The lowest BCUT2D eigenvalue weighted by Crippen LogP contribution is -2.58. The van der Waals surface area contributed by atoms with Crippen molar-refractivity contribution in [1.29, 1.82) is 0 Å². The number of aliphatic hydroxyl groups is 1. The van der Waals surface area contributed by atoms with Crippen molar-refractivity contribution in [3.05, 3.63) is 0 Å². The third-order valence-electron chi connectivity index (χ3n) is 10.1. The minimum Gasteiger partial charge on any atom is -0.481 e. The second kappa shape index (κ2) is 7.11. The monoisotopic (exact) mass is 390 g/mol. The van der Waals surface area contributed by atoms with Crippen molar-refractivity contribution in [2.24, 2.45) is 46.3 Å². The van der Waals surface area contributed by atoms with Gasteiger partial charge < -0.3 is 10.2 Å².